The molecule has 9 heteroatoms. The molecule has 9 nitrogen and oxygen atoms in total. The molecule has 1 aromatic rings. The zero-order chi connectivity index (χ0) is 21.4. The van der Waals surface area contributed by atoms with Crippen LogP contribution in [0.25, 0.3) is 0 Å². The molecular weight excluding hydrogens is 378 g/mol. The molecular formula is C20H27N3O6. The Kier molecular flexibility index (Phi) is 7.58. The van der Waals surface area contributed by atoms with Gasteiger partial charge in [-0.05, 0) is 45.7 Å². The summed E-state index contributed by atoms with van der Waals surface area (Å²) in [5.74, 6) is -2.01. The molecule has 0 saturated carbocycles. The number of carbonyl (C=O) groups is 4. The Labute approximate surface area is 169 Å². The number of hydrogen-bond acceptors (Lipinski definition) is 6. The van der Waals surface area contributed by atoms with Crippen molar-refractivity contribution in [3.63, 3.8) is 0 Å². The van der Waals surface area contributed by atoms with E-state index >= 15 is 0 Å². The van der Waals surface area contributed by atoms with E-state index in [4.69, 9.17) is 9.47 Å². The number of esters is 1. The van der Waals surface area contributed by atoms with E-state index in [1.165, 1.54) is 0 Å². The maximum atomic E-state index is 12.1. The Bertz CT molecular complexity index is 736. The predicted octanol–water partition coefficient (Wildman–Crippen LogP) is 1.64. The molecule has 3 amide bonds. The van der Waals surface area contributed by atoms with Crippen molar-refractivity contribution in [1.82, 2.24) is 15.8 Å². The molecule has 1 heterocycles. The number of hydrogen-bond donors (Lipinski definition) is 2. The average Bonchev–Trinajstić information content (AvgIpc) is 2.69. The summed E-state index contributed by atoms with van der Waals surface area (Å²) in [6.45, 7) is 5.65. The summed E-state index contributed by atoms with van der Waals surface area (Å²) in [5.41, 5.74) is 4.27. The van der Waals surface area contributed by atoms with E-state index in [-0.39, 0.29) is 5.92 Å². The molecule has 0 radical (unpaired) electrons. The molecule has 0 atom stereocenters. The van der Waals surface area contributed by atoms with Crippen LogP contribution in [0.3, 0.4) is 0 Å². The van der Waals surface area contributed by atoms with Gasteiger partial charge in [0.25, 0.3) is 11.8 Å². The summed E-state index contributed by atoms with van der Waals surface area (Å²) < 4.78 is 10.3. The van der Waals surface area contributed by atoms with Crippen LogP contribution in [0.2, 0.25) is 0 Å². The highest BCUT2D eigenvalue weighted by Crippen LogP contribution is 2.20. The summed E-state index contributed by atoms with van der Waals surface area (Å²) in [7, 11) is 0. The second-order valence-electron chi connectivity index (χ2n) is 7.72. The standard InChI is InChI=1S/C20H27N3O6/c1-20(2,3)29-19(27)23-11-9-15(10-12-23)18(26)28-13-16(24)21-22-17(25)14-7-5-4-6-8-14/h4-8,15H,9-13H2,1-3H3,(H,21,24)(H,22,25). The normalized spacial score (nSPS) is 14.7. The highest BCUT2D eigenvalue weighted by molar-refractivity contribution is 5.95. The molecule has 0 aliphatic carbocycles. The Morgan fingerprint density at radius 2 is 1.66 bits per heavy atom. The molecule has 2 N–H and O–H groups in total. The first-order valence-electron chi connectivity index (χ1n) is 9.44. The lowest BCUT2D eigenvalue weighted by Crippen LogP contribution is -2.45. The lowest BCUT2D eigenvalue weighted by atomic mass is 9.97. The van der Waals surface area contributed by atoms with Gasteiger partial charge in [-0.2, -0.15) is 0 Å². The summed E-state index contributed by atoms with van der Waals surface area (Å²) in [4.78, 5) is 49.3. The van der Waals surface area contributed by atoms with E-state index in [2.05, 4.69) is 10.9 Å². The summed E-state index contributed by atoms with van der Waals surface area (Å²) in [6, 6.07) is 8.38. The molecule has 1 fully saturated rings. The number of likely N-dealkylation sites (tertiary alicyclic amines) is 1. The number of rotatable bonds is 4. The van der Waals surface area contributed by atoms with Crippen molar-refractivity contribution < 1.29 is 28.7 Å². The van der Waals surface area contributed by atoms with Crippen molar-refractivity contribution in [3.05, 3.63) is 35.9 Å². The molecule has 0 aromatic heterocycles. The van der Waals surface area contributed by atoms with Gasteiger partial charge in [0.1, 0.15) is 5.60 Å². The van der Waals surface area contributed by atoms with E-state index in [1.807, 2.05) is 0 Å². The molecule has 1 saturated heterocycles. The zero-order valence-electron chi connectivity index (χ0n) is 16.9. The van der Waals surface area contributed by atoms with Crippen LogP contribution in [-0.2, 0) is 19.1 Å². The minimum Gasteiger partial charge on any atom is -0.455 e. The molecule has 0 spiro atoms. The number of carbonyl (C=O) groups excluding carboxylic acids is 4. The van der Waals surface area contributed by atoms with Crippen LogP contribution in [0.1, 0.15) is 44.0 Å². The Hall–Kier alpha value is -3.10. The first-order chi connectivity index (χ1) is 13.7. The van der Waals surface area contributed by atoms with Gasteiger partial charge in [0.2, 0.25) is 0 Å². The van der Waals surface area contributed by atoms with E-state index in [0.29, 0.717) is 31.5 Å². The van der Waals surface area contributed by atoms with Crippen molar-refractivity contribution in [3.8, 4) is 0 Å². The van der Waals surface area contributed by atoms with Gasteiger partial charge in [0.05, 0.1) is 5.92 Å². The molecule has 0 unspecified atom stereocenters. The van der Waals surface area contributed by atoms with Crippen molar-refractivity contribution in [2.75, 3.05) is 19.7 Å². The zero-order valence-corrected chi connectivity index (χ0v) is 16.9. The fraction of sp³-hybridized carbons (Fsp3) is 0.500. The van der Waals surface area contributed by atoms with Crippen LogP contribution in [0.15, 0.2) is 30.3 Å². The van der Waals surface area contributed by atoms with E-state index < -0.39 is 36.1 Å². The topological polar surface area (TPSA) is 114 Å². The number of ether oxygens (including phenoxy) is 2. The second-order valence-corrected chi connectivity index (χ2v) is 7.72. The van der Waals surface area contributed by atoms with Gasteiger partial charge in [-0.3, -0.25) is 25.2 Å². The number of benzene rings is 1. The Morgan fingerprint density at radius 3 is 2.24 bits per heavy atom. The Morgan fingerprint density at radius 1 is 1.03 bits per heavy atom. The third-order valence-corrected chi connectivity index (χ3v) is 4.18. The van der Waals surface area contributed by atoms with Gasteiger partial charge >= 0.3 is 12.1 Å². The summed E-state index contributed by atoms with van der Waals surface area (Å²) in [5, 5.41) is 0. The predicted molar refractivity (Wildman–Crippen MR) is 104 cm³/mol. The van der Waals surface area contributed by atoms with E-state index in [9.17, 15) is 19.2 Å². The summed E-state index contributed by atoms with van der Waals surface area (Å²) >= 11 is 0. The molecule has 2 rings (SSSR count). The molecule has 0 bridgehead atoms. The van der Waals surface area contributed by atoms with Crippen LogP contribution in [0.5, 0.6) is 0 Å². The molecule has 1 aliphatic heterocycles. The maximum Gasteiger partial charge on any atom is 0.410 e. The summed E-state index contributed by atoms with van der Waals surface area (Å²) in [6.07, 6.45) is 0.465. The lowest BCUT2D eigenvalue weighted by Gasteiger charge is -2.32. The quantitative estimate of drug-likeness (QED) is 0.581. The fourth-order valence-electron chi connectivity index (χ4n) is 2.70. The van der Waals surface area contributed by atoms with Crippen molar-refractivity contribution in [2.24, 2.45) is 5.92 Å². The number of nitrogens with one attached hydrogen (secondary N) is 2. The first kappa shape index (κ1) is 22.2. The van der Waals surface area contributed by atoms with Gasteiger partial charge < -0.3 is 14.4 Å². The molecule has 1 aromatic carbocycles. The van der Waals surface area contributed by atoms with Crippen LogP contribution in [-0.4, -0.2) is 54.1 Å². The third-order valence-electron chi connectivity index (χ3n) is 4.18. The number of nitrogens with zero attached hydrogens (tertiary/aromatic N) is 1. The van der Waals surface area contributed by atoms with Gasteiger partial charge in [-0.15, -0.1) is 0 Å². The Balaban J connectivity index is 1.67. The highest BCUT2D eigenvalue weighted by Gasteiger charge is 2.30. The minimum atomic E-state index is -0.645. The minimum absolute atomic E-state index is 0.383. The fourth-order valence-corrected chi connectivity index (χ4v) is 2.70. The van der Waals surface area contributed by atoms with E-state index in [1.54, 1.807) is 56.0 Å². The van der Waals surface area contributed by atoms with Crippen LogP contribution in [0.4, 0.5) is 4.79 Å². The van der Waals surface area contributed by atoms with Crippen LogP contribution >= 0.6 is 0 Å². The molecule has 29 heavy (non-hydrogen) atoms. The first-order valence-corrected chi connectivity index (χ1v) is 9.44. The van der Waals surface area contributed by atoms with Gasteiger partial charge in [-0.25, -0.2) is 4.79 Å². The van der Waals surface area contributed by atoms with Crippen molar-refractivity contribution in [2.45, 2.75) is 39.2 Å². The van der Waals surface area contributed by atoms with Gasteiger partial charge in [0.15, 0.2) is 6.61 Å². The number of amides is 3. The third kappa shape index (κ3) is 7.44. The van der Waals surface area contributed by atoms with Gasteiger partial charge in [0, 0.05) is 18.7 Å². The van der Waals surface area contributed by atoms with Crippen LogP contribution in [0, 0.1) is 5.92 Å². The van der Waals surface area contributed by atoms with Gasteiger partial charge in [-0.1, -0.05) is 18.2 Å². The average molecular weight is 405 g/mol. The maximum absolute atomic E-state index is 12.1. The van der Waals surface area contributed by atoms with Crippen LogP contribution < -0.4 is 10.9 Å². The van der Waals surface area contributed by atoms with Crippen molar-refractivity contribution >= 4 is 23.9 Å². The monoisotopic (exact) mass is 405 g/mol. The van der Waals surface area contributed by atoms with E-state index in [0.717, 1.165) is 0 Å². The SMILES string of the molecule is CC(C)(C)OC(=O)N1CCC(C(=O)OCC(=O)NNC(=O)c2ccccc2)CC1. The smallest absolute Gasteiger partial charge is 0.410 e. The molecule has 158 valence electrons. The largest absolute Gasteiger partial charge is 0.455 e. The number of piperidine rings is 1. The number of hydrazine groups is 1. The second kappa shape index (κ2) is 9.90. The van der Waals surface area contributed by atoms with Crippen molar-refractivity contribution in [1.29, 1.82) is 0 Å². The lowest BCUT2D eigenvalue weighted by molar-refractivity contribution is -0.154. The molecule has 1 aliphatic rings. The highest BCUT2D eigenvalue weighted by atomic mass is 16.6.